The first-order chi connectivity index (χ1) is 16.4. The van der Waals surface area contributed by atoms with Crippen molar-refractivity contribution in [2.24, 2.45) is 0 Å². The van der Waals surface area contributed by atoms with Crippen LogP contribution in [0.1, 0.15) is 11.3 Å². The molecule has 0 spiro atoms. The molecule has 0 radical (unpaired) electrons. The highest BCUT2D eigenvalue weighted by atomic mass is 32.2. The third kappa shape index (κ3) is 5.26. The van der Waals surface area contributed by atoms with Crippen molar-refractivity contribution in [3.63, 3.8) is 0 Å². The van der Waals surface area contributed by atoms with Crippen LogP contribution in [0.4, 0.5) is 13.2 Å². The Hall–Kier alpha value is -3.56. The molecule has 9 heteroatoms. The number of aryl methyl sites for hydroxylation is 1. The monoisotopic (exact) mass is 497 g/mol. The molecule has 0 aliphatic rings. The first-order valence-corrected chi connectivity index (χ1v) is 12.1. The molecule has 0 amide bonds. The lowest BCUT2D eigenvalue weighted by atomic mass is 10.0. The van der Waals surface area contributed by atoms with Crippen LogP contribution >= 0.6 is 0 Å². The summed E-state index contributed by atoms with van der Waals surface area (Å²) in [5.41, 5.74) is 3.63. The molecule has 2 heterocycles. The van der Waals surface area contributed by atoms with E-state index in [9.17, 15) is 21.6 Å². The minimum Gasteiger partial charge on any atom is -0.251 e. The van der Waals surface area contributed by atoms with Crippen molar-refractivity contribution in [2.75, 3.05) is 14.1 Å². The number of nitrogens with zero attached hydrogens (tertiary/aromatic N) is 3. The molecule has 0 fully saturated rings. The second-order valence-electron chi connectivity index (χ2n) is 8.18. The fraction of sp³-hybridized carbons (Fsp3) is 0.154. The molecule has 4 rings (SSSR count). The highest BCUT2D eigenvalue weighted by molar-refractivity contribution is 7.89. The third-order valence-corrected chi connectivity index (χ3v) is 7.23. The number of hydrogen-bond donors (Lipinski definition) is 0. The van der Waals surface area contributed by atoms with Crippen molar-refractivity contribution in [3.05, 3.63) is 90.1 Å². The maximum atomic E-state index is 12.9. The van der Waals surface area contributed by atoms with E-state index in [1.165, 1.54) is 32.3 Å². The number of aromatic nitrogens is 2. The van der Waals surface area contributed by atoms with E-state index in [1.54, 1.807) is 55.5 Å². The Morgan fingerprint density at radius 1 is 0.714 bits per heavy atom. The van der Waals surface area contributed by atoms with Gasteiger partial charge in [0.2, 0.25) is 10.0 Å². The van der Waals surface area contributed by atoms with Crippen molar-refractivity contribution in [2.45, 2.75) is 18.0 Å². The van der Waals surface area contributed by atoms with Crippen LogP contribution in [0.15, 0.2) is 83.8 Å². The quantitative estimate of drug-likeness (QED) is 0.337. The molecule has 0 bridgehead atoms. The van der Waals surface area contributed by atoms with Gasteiger partial charge >= 0.3 is 6.18 Å². The maximum Gasteiger partial charge on any atom is 0.416 e. The van der Waals surface area contributed by atoms with Crippen LogP contribution in [0, 0.1) is 6.92 Å². The topological polar surface area (TPSA) is 63.2 Å². The van der Waals surface area contributed by atoms with Gasteiger partial charge in [0.05, 0.1) is 27.5 Å². The Bertz CT molecular complexity index is 1480. The van der Waals surface area contributed by atoms with Crippen LogP contribution in [-0.2, 0) is 16.2 Å². The SMILES string of the molecule is Cc1cc(-c2ccc(C(F)(F)F)cc2)cc(-c2cccc(-c3cccc(S(=O)(=O)N(C)C)c3)n2)n1. The van der Waals surface area contributed by atoms with E-state index in [2.05, 4.69) is 9.97 Å². The predicted octanol–water partition coefficient (Wildman–Crippen LogP) is 6.06. The van der Waals surface area contributed by atoms with Gasteiger partial charge in [0, 0.05) is 25.4 Å². The molecule has 0 saturated carbocycles. The van der Waals surface area contributed by atoms with E-state index in [1.807, 2.05) is 0 Å². The molecular formula is C26H22F3N3O2S. The Balaban J connectivity index is 1.72. The van der Waals surface area contributed by atoms with E-state index in [4.69, 9.17) is 0 Å². The van der Waals surface area contributed by atoms with Crippen molar-refractivity contribution in [1.29, 1.82) is 0 Å². The fourth-order valence-electron chi connectivity index (χ4n) is 3.58. The van der Waals surface area contributed by atoms with Crippen LogP contribution < -0.4 is 0 Å². The van der Waals surface area contributed by atoms with Gasteiger partial charge in [-0.15, -0.1) is 0 Å². The van der Waals surface area contributed by atoms with Crippen LogP contribution in [0.5, 0.6) is 0 Å². The standard InChI is InChI=1S/C26H22F3N3O2S/c1-17-14-20(18-10-12-21(13-11-18)26(27,28)29)16-25(30-17)24-9-5-8-23(31-24)19-6-4-7-22(15-19)35(33,34)32(2)3/h4-16H,1-3H3. The molecule has 5 nitrogen and oxygen atoms in total. The van der Waals surface area contributed by atoms with Gasteiger partial charge in [-0.2, -0.15) is 13.2 Å². The summed E-state index contributed by atoms with van der Waals surface area (Å²) in [5.74, 6) is 0. The van der Waals surface area contributed by atoms with Gasteiger partial charge in [-0.3, -0.25) is 4.98 Å². The minimum absolute atomic E-state index is 0.158. The number of rotatable bonds is 5. The highest BCUT2D eigenvalue weighted by Crippen LogP contribution is 2.32. The molecule has 0 aliphatic carbocycles. The lowest BCUT2D eigenvalue weighted by Gasteiger charge is -2.13. The Kier molecular flexibility index (Phi) is 6.48. The molecule has 2 aromatic heterocycles. The van der Waals surface area contributed by atoms with Crippen molar-refractivity contribution in [3.8, 4) is 33.8 Å². The van der Waals surface area contributed by atoms with E-state index in [-0.39, 0.29) is 4.90 Å². The number of halogens is 3. The highest BCUT2D eigenvalue weighted by Gasteiger charge is 2.30. The van der Waals surface area contributed by atoms with Crippen molar-refractivity contribution in [1.82, 2.24) is 14.3 Å². The Labute approximate surface area is 202 Å². The zero-order valence-electron chi connectivity index (χ0n) is 19.2. The number of alkyl halides is 3. The van der Waals surface area contributed by atoms with Gasteiger partial charge in [0.25, 0.3) is 0 Å². The zero-order chi connectivity index (χ0) is 25.4. The fourth-order valence-corrected chi connectivity index (χ4v) is 4.53. The summed E-state index contributed by atoms with van der Waals surface area (Å²) in [7, 11) is -0.660. The summed E-state index contributed by atoms with van der Waals surface area (Å²) in [4.78, 5) is 9.40. The predicted molar refractivity (Wildman–Crippen MR) is 129 cm³/mol. The van der Waals surface area contributed by atoms with Gasteiger partial charge < -0.3 is 0 Å². The average molecular weight is 498 g/mol. The molecule has 4 aromatic rings. The van der Waals surface area contributed by atoms with Crippen LogP contribution in [0.3, 0.4) is 0 Å². The van der Waals surface area contributed by atoms with Gasteiger partial charge in [-0.25, -0.2) is 17.7 Å². The molecule has 0 unspecified atom stereocenters. The lowest BCUT2D eigenvalue weighted by Crippen LogP contribution is -2.22. The summed E-state index contributed by atoms with van der Waals surface area (Å²) in [6.45, 7) is 1.80. The summed E-state index contributed by atoms with van der Waals surface area (Å²) in [6, 6.07) is 20.4. The van der Waals surface area contributed by atoms with E-state index < -0.39 is 21.8 Å². The van der Waals surface area contributed by atoms with Gasteiger partial charge in [-0.05, 0) is 66.6 Å². The molecule has 0 aliphatic heterocycles. The summed E-state index contributed by atoms with van der Waals surface area (Å²) in [6.07, 6.45) is -4.40. The first kappa shape index (κ1) is 24.6. The lowest BCUT2D eigenvalue weighted by molar-refractivity contribution is -0.137. The van der Waals surface area contributed by atoms with Crippen LogP contribution in [0.2, 0.25) is 0 Å². The largest absolute Gasteiger partial charge is 0.416 e. The maximum absolute atomic E-state index is 12.9. The van der Waals surface area contributed by atoms with E-state index in [0.717, 1.165) is 16.4 Å². The van der Waals surface area contributed by atoms with Gasteiger partial charge in [0.1, 0.15) is 0 Å². The average Bonchev–Trinajstić information content (AvgIpc) is 2.83. The third-order valence-electron chi connectivity index (χ3n) is 5.42. The smallest absolute Gasteiger partial charge is 0.251 e. The normalized spacial score (nSPS) is 12.2. The molecular weight excluding hydrogens is 475 g/mol. The van der Waals surface area contributed by atoms with Gasteiger partial charge in [-0.1, -0.05) is 30.3 Å². The van der Waals surface area contributed by atoms with Gasteiger partial charge in [0.15, 0.2) is 0 Å². The summed E-state index contributed by atoms with van der Waals surface area (Å²) >= 11 is 0. The second-order valence-corrected chi connectivity index (χ2v) is 10.3. The van der Waals surface area contributed by atoms with E-state index >= 15 is 0 Å². The summed E-state index contributed by atoms with van der Waals surface area (Å²) < 4.78 is 65.0. The number of hydrogen-bond acceptors (Lipinski definition) is 4. The van der Waals surface area contributed by atoms with Crippen LogP contribution in [-0.4, -0.2) is 36.8 Å². The Morgan fingerprint density at radius 2 is 1.37 bits per heavy atom. The molecule has 35 heavy (non-hydrogen) atoms. The molecule has 0 saturated heterocycles. The zero-order valence-corrected chi connectivity index (χ0v) is 20.0. The summed E-state index contributed by atoms with van der Waals surface area (Å²) in [5, 5.41) is 0. The molecule has 0 atom stereocenters. The Morgan fingerprint density at radius 3 is 2.03 bits per heavy atom. The number of benzene rings is 2. The second kappa shape index (κ2) is 9.24. The number of sulfonamides is 1. The van der Waals surface area contributed by atoms with Crippen LogP contribution in [0.25, 0.3) is 33.8 Å². The first-order valence-electron chi connectivity index (χ1n) is 10.6. The van der Waals surface area contributed by atoms with E-state index in [0.29, 0.717) is 39.5 Å². The minimum atomic E-state index is -4.40. The molecule has 180 valence electrons. The molecule has 0 N–H and O–H groups in total. The molecule has 2 aromatic carbocycles. The van der Waals surface area contributed by atoms with Crippen molar-refractivity contribution >= 4 is 10.0 Å². The van der Waals surface area contributed by atoms with Crippen molar-refractivity contribution < 1.29 is 21.6 Å². The number of pyridine rings is 2.